The van der Waals surface area contributed by atoms with Gasteiger partial charge in [0.05, 0.1) is 11.8 Å². The summed E-state index contributed by atoms with van der Waals surface area (Å²) in [6.07, 6.45) is 1.11. The average molecular weight is 401 g/mol. The molecule has 5 nitrogen and oxygen atoms in total. The van der Waals surface area contributed by atoms with Crippen molar-refractivity contribution in [3.63, 3.8) is 0 Å². The zero-order valence-corrected chi connectivity index (χ0v) is 17.3. The van der Waals surface area contributed by atoms with E-state index in [-0.39, 0.29) is 23.6 Å². The molecule has 2 aromatic rings. The van der Waals surface area contributed by atoms with Gasteiger partial charge in [-0.1, -0.05) is 60.2 Å². The van der Waals surface area contributed by atoms with Crippen LogP contribution in [0.25, 0.3) is 0 Å². The van der Waals surface area contributed by atoms with E-state index in [0.29, 0.717) is 25.9 Å². The molecular weight excluding hydrogens is 372 g/mol. The van der Waals surface area contributed by atoms with Gasteiger partial charge in [0.1, 0.15) is 0 Å². The van der Waals surface area contributed by atoms with E-state index in [4.69, 9.17) is 0 Å². The van der Waals surface area contributed by atoms with Gasteiger partial charge < -0.3 is 5.32 Å². The average Bonchev–Trinajstić information content (AvgIpc) is 2.70. The number of nitrogens with zero attached hydrogens (tertiary/aromatic N) is 1. The van der Waals surface area contributed by atoms with Gasteiger partial charge in [0, 0.05) is 19.0 Å². The van der Waals surface area contributed by atoms with Crippen LogP contribution >= 0.6 is 0 Å². The highest BCUT2D eigenvalue weighted by molar-refractivity contribution is 7.88. The van der Waals surface area contributed by atoms with Gasteiger partial charge in [-0.25, -0.2) is 12.7 Å². The Kier molecular flexibility index (Phi) is 6.52. The Bertz CT molecular complexity index is 887. The lowest BCUT2D eigenvalue weighted by Gasteiger charge is -2.31. The Morgan fingerprint density at radius 3 is 2.29 bits per heavy atom. The van der Waals surface area contributed by atoms with Gasteiger partial charge in [0.2, 0.25) is 15.9 Å². The number of rotatable bonds is 6. The molecule has 150 valence electrons. The van der Waals surface area contributed by atoms with Crippen molar-refractivity contribution in [2.24, 2.45) is 5.92 Å². The van der Waals surface area contributed by atoms with Crippen LogP contribution in [-0.4, -0.2) is 31.7 Å². The summed E-state index contributed by atoms with van der Waals surface area (Å²) in [5.74, 6) is -0.126. The number of carbonyl (C=O) groups excluding carboxylic acids is 1. The third-order valence-corrected chi connectivity index (χ3v) is 7.20. The molecule has 0 radical (unpaired) electrons. The molecular formula is C22H28N2O3S. The number of aryl methyl sites for hydroxylation is 1. The number of sulfonamides is 1. The number of hydrogen-bond acceptors (Lipinski definition) is 3. The molecule has 0 spiro atoms. The molecule has 0 saturated carbocycles. The minimum Gasteiger partial charge on any atom is -0.349 e. The fourth-order valence-electron chi connectivity index (χ4n) is 3.54. The minimum atomic E-state index is -3.36. The molecule has 1 amide bonds. The van der Waals surface area contributed by atoms with Crippen molar-refractivity contribution in [2.75, 3.05) is 13.1 Å². The van der Waals surface area contributed by atoms with Gasteiger partial charge in [-0.05, 0) is 37.8 Å². The molecule has 1 N–H and O–H groups in total. The van der Waals surface area contributed by atoms with Crippen molar-refractivity contribution < 1.29 is 13.2 Å². The second-order valence-corrected chi connectivity index (χ2v) is 9.53. The van der Waals surface area contributed by atoms with Crippen LogP contribution in [0.4, 0.5) is 0 Å². The van der Waals surface area contributed by atoms with Gasteiger partial charge >= 0.3 is 0 Å². The van der Waals surface area contributed by atoms with E-state index in [9.17, 15) is 13.2 Å². The highest BCUT2D eigenvalue weighted by Crippen LogP contribution is 2.23. The van der Waals surface area contributed by atoms with Crippen molar-refractivity contribution in [1.29, 1.82) is 0 Å². The molecule has 0 aliphatic carbocycles. The summed E-state index contributed by atoms with van der Waals surface area (Å²) in [5.41, 5.74) is 2.97. The van der Waals surface area contributed by atoms with Crippen molar-refractivity contribution in [2.45, 2.75) is 38.5 Å². The first-order chi connectivity index (χ1) is 13.3. The van der Waals surface area contributed by atoms with Crippen molar-refractivity contribution in [3.05, 3.63) is 71.3 Å². The maximum atomic E-state index is 12.7. The molecule has 1 aliphatic heterocycles. The Hall–Kier alpha value is -2.18. The Labute approximate surface area is 167 Å². The standard InChI is InChI=1S/C22H28N2O3S/c1-17-8-10-19(11-9-17)16-28(26,27)24-14-12-21(13-15-24)22(25)23-18(2)20-6-4-3-5-7-20/h3-11,18,21H,12-16H2,1-2H3,(H,23,25). The third-order valence-electron chi connectivity index (χ3n) is 5.35. The number of amides is 1. The monoisotopic (exact) mass is 400 g/mol. The first kappa shape index (κ1) is 20.6. The Balaban J connectivity index is 1.53. The predicted octanol–water partition coefficient (Wildman–Crippen LogP) is 3.41. The highest BCUT2D eigenvalue weighted by atomic mass is 32.2. The van der Waals surface area contributed by atoms with E-state index in [1.165, 1.54) is 4.31 Å². The smallest absolute Gasteiger partial charge is 0.223 e. The van der Waals surface area contributed by atoms with E-state index in [1.54, 1.807) is 0 Å². The number of benzene rings is 2. The normalized spacial score (nSPS) is 17.2. The Morgan fingerprint density at radius 1 is 1.07 bits per heavy atom. The van der Waals surface area contributed by atoms with Crippen molar-refractivity contribution in [3.8, 4) is 0 Å². The largest absolute Gasteiger partial charge is 0.349 e. The van der Waals surface area contributed by atoms with Crippen LogP contribution < -0.4 is 5.32 Å². The third kappa shape index (κ3) is 5.20. The van der Waals surface area contributed by atoms with Gasteiger partial charge in [0.25, 0.3) is 0 Å². The summed E-state index contributed by atoms with van der Waals surface area (Å²) in [5, 5.41) is 3.06. The van der Waals surface area contributed by atoms with E-state index in [2.05, 4.69) is 5.32 Å². The second-order valence-electron chi connectivity index (χ2n) is 7.56. The van der Waals surface area contributed by atoms with E-state index in [0.717, 1.165) is 16.7 Å². The van der Waals surface area contributed by atoms with E-state index in [1.807, 2.05) is 68.4 Å². The summed E-state index contributed by atoms with van der Waals surface area (Å²) in [6.45, 7) is 4.74. The van der Waals surface area contributed by atoms with Crippen LogP contribution in [0, 0.1) is 12.8 Å². The summed E-state index contributed by atoms with van der Waals surface area (Å²) < 4.78 is 26.9. The van der Waals surface area contributed by atoms with Crippen LogP contribution in [-0.2, 0) is 20.6 Å². The van der Waals surface area contributed by atoms with E-state index < -0.39 is 10.0 Å². The first-order valence-electron chi connectivity index (χ1n) is 9.74. The summed E-state index contributed by atoms with van der Waals surface area (Å²) in [7, 11) is -3.36. The number of piperidine rings is 1. The summed E-state index contributed by atoms with van der Waals surface area (Å²) in [4.78, 5) is 12.6. The van der Waals surface area contributed by atoms with Gasteiger partial charge in [-0.2, -0.15) is 0 Å². The lowest BCUT2D eigenvalue weighted by Crippen LogP contribution is -2.43. The van der Waals surface area contributed by atoms with Gasteiger partial charge in [-0.15, -0.1) is 0 Å². The van der Waals surface area contributed by atoms with Crippen LogP contribution in [0.3, 0.4) is 0 Å². The van der Waals surface area contributed by atoms with Gasteiger partial charge in [0.15, 0.2) is 0 Å². The molecule has 1 unspecified atom stereocenters. The molecule has 0 bridgehead atoms. The van der Waals surface area contributed by atoms with Gasteiger partial charge in [-0.3, -0.25) is 4.79 Å². The molecule has 28 heavy (non-hydrogen) atoms. The lowest BCUT2D eigenvalue weighted by atomic mass is 9.96. The molecule has 6 heteroatoms. The zero-order chi connectivity index (χ0) is 20.1. The van der Waals surface area contributed by atoms with Crippen LogP contribution in [0.15, 0.2) is 54.6 Å². The number of nitrogens with one attached hydrogen (secondary N) is 1. The molecule has 2 aromatic carbocycles. The Morgan fingerprint density at radius 2 is 1.68 bits per heavy atom. The van der Waals surface area contributed by atoms with Crippen LogP contribution in [0.2, 0.25) is 0 Å². The predicted molar refractivity (Wildman–Crippen MR) is 111 cm³/mol. The first-order valence-corrected chi connectivity index (χ1v) is 11.3. The number of hydrogen-bond donors (Lipinski definition) is 1. The minimum absolute atomic E-state index is 0.00642. The second kappa shape index (κ2) is 8.88. The molecule has 0 aromatic heterocycles. The number of carbonyl (C=O) groups is 1. The molecule has 1 fully saturated rings. The molecule has 1 heterocycles. The molecule has 1 aliphatic rings. The van der Waals surface area contributed by atoms with E-state index >= 15 is 0 Å². The van der Waals surface area contributed by atoms with Crippen LogP contribution in [0.5, 0.6) is 0 Å². The maximum Gasteiger partial charge on any atom is 0.223 e. The SMILES string of the molecule is Cc1ccc(CS(=O)(=O)N2CCC(C(=O)NC(C)c3ccccc3)CC2)cc1. The molecule has 3 rings (SSSR count). The lowest BCUT2D eigenvalue weighted by molar-refractivity contribution is -0.126. The van der Waals surface area contributed by atoms with Crippen molar-refractivity contribution in [1.82, 2.24) is 9.62 Å². The highest BCUT2D eigenvalue weighted by Gasteiger charge is 2.31. The molecule has 1 atom stereocenters. The quantitative estimate of drug-likeness (QED) is 0.808. The summed E-state index contributed by atoms with van der Waals surface area (Å²) in [6, 6.07) is 17.4. The topological polar surface area (TPSA) is 66.5 Å². The fourth-order valence-corrected chi connectivity index (χ4v) is 5.10. The zero-order valence-electron chi connectivity index (χ0n) is 16.5. The maximum absolute atomic E-state index is 12.7. The summed E-state index contributed by atoms with van der Waals surface area (Å²) >= 11 is 0. The fraction of sp³-hybridized carbons (Fsp3) is 0.409. The van der Waals surface area contributed by atoms with Crippen molar-refractivity contribution >= 4 is 15.9 Å². The van der Waals surface area contributed by atoms with Crippen LogP contribution in [0.1, 0.15) is 42.5 Å². The molecule has 1 saturated heterocycles.